The molecule has 0 amide bonds. The van der Waals surface area contributed by atoms with Gasteiger partial charge in [-0.1, -0.05) is 13.8 Å². The Kier molecular flexibility index (Phi) is 2.18. The topological polar surface area (TPSA) is 12.9 Å². The molecular formula is C10H15NS. The Bertz CT molecular complexity index is 275. The second-order valence-electron chi connectivity index (χ2n) is 3.83. The van der Waals surface area contributed by atoms with Gasteiger partial charge in [-0.2, -0.15) is 4.37 Å². The van der Waals surface area contributed by atoms with Gasteiger partial charge in [0.2, 0.25) is 0 Å². The Balaban J connectivity index is 2.38. The van der Waals surface area contributed by atoms with Crippen LogP contribution in [0.3, 0.4) is 0 Å². The molecule has 1 aliphatic carbocycles. The molecule has 0 saturated heterocycles. The van der Waals surface area contributed by atoms with Crippen molar-refractivity contribution in [3.63, 3.8) is 0 Å². The lowest BCUT2D eigenvalue weighted by Crippen LogP contribution is -2.02. The van der Waals surface area contributed by atoms with Gasteiger partial charge in [-0.3, -0.25) is 0 Å². The number of nitrogens with zero attached hydrogens (tertiary/aromatic N) is 1. The quantitative estimate of drug-likeness (QED) is 0.648. The lowest BCUT2D eigenvalue weighted by atomic mass is 9.94. The van der Waals surface area contributed by atoms with E-state index in [1.165, 1.54) is 31.4 Å². The third-order valence-corrected chi connectivity index (χ3v) is 3.49. The van der Waals surface area contributed by atoms with E-state index in [1.54, 1.807) is 22.0 Å². The number of hydrogen-bond donors (Lipinski definition) is 0. The fourth-order valence-electron chi connectivity index (χ4n) is 1.86. The van der Waals surface area contributed by atoms with E-state index in [9.17, 15) is 0 Å². The molecule has 2 rings (SSSR count). The zero-order valence-electron chi connectivity index (χ0n) is 7.76. The minimum atomic E-state index is 0.614. The molecule has 0 bridgehead atoms. The molecule has 1 aromatic rings. The summed E-state index contributed by atoms with van der Waals surface area (Å²) in [6.07, 6.45) is 5.29. The molecule has 0 N–H and O–H groups in total. The van der Waals surface area contributed by atoms with Gasteiger partial charge in [-0.25, -0.2) is 0 Å². The van der Waals surface area contributed by atoms with Crippen molar-refractivity contribution in [2.45, 2.75) is 45.4 Å². The van der Waals surface area contributed by atoms with Crippen LogP contribution in [0.25, 0.3) is 0 Å². The van der Waals surface area contributed by atoms with Crippen LogP contribution in [-0.2, 0) is 12.8 Å². The monoisotopic (exact) mass is 181 g/mol. The number of hydrogen-bond acceptors (Lipinski definition) is 2. The predicted molar refractivity (Wildman–Crippen MR) is 52.8 cm³/mol. The van der Waals surface area contributed by atoms with Gasteiger partial charge < -0.3 is 0 Å². The summed E-state index contributed by atoms with van der Waals surface area (Å²) in [5.41, 5.74) is 2.95. The van der Waals surface area contributed by atoms with Gasteiger partial charge in [-0.05, 0) is 48.7 Å². The number of aromatic nitrogens is 1. The summed E-state index contributed by atoms with van der Waals surface area (Å²) in [7, 11) is 0. The fourth-order valence-corrected chi connectivity index (χ4v) is 2.94. The van der Waals surface area contributed by atoms with Crippen molar-refractivity contribution < 1.29 is 0 Å². The van der Waals surface area contributed by atoms with E-state index in [-0.39, 0.29) is 0 Å². The highest BCUT2D eigenvalue weighted by Crippen LogP contribution is 2.31. The van der Waals surface area contributed by atoms with Crippen LogP contribution in [0.4, 0.5) is 0 Å². The van der Waals surface area contributed by atoms with Crippen molar-refractivity contribution in [1.82, 2.24) is 4.37 Å². The van der Waals surface area contributed by atoms with Crippen LogP contribution in [-0.4, -0.2) is 4.37 Å². The van der Waals surface area contributed by atoms with Crippen LogP contribution < -0.4 is 0 Å². The molecule has 0 aromatic carbocycles. The van der Waals surface area contributed by atoms with Gasteiger partial charge in [0.15, 0.2) is 0 Å². The van der Waals surface area contributed by atoms with Crippen LogP contribution in [0.15, 0.2) is 0 Å². The molecule has 0 radical (unpaired) electrons. The van der Waals surface area contributed by atoms with E-state index in [4.69, 9.17) is 0 Å². The zero-order valence-corrected chi connectivity index (χ0v) is 8.58. The Morgan fingerprint density at radius 2 is 2.00 bits per heavy atom. The number of fused-ring (bicyclic) bond motifs is 1. The average molecular weight is 181 g/mol. The second-order valence-corrected chi connectivity index (χ2v) is 4.69. The van der Waals surface area contributed by atoms with Gasteiger partial charge in [0.25, 0.3) is 0 Å². The molecular weight excluding hydrogens is 166 g/mol. The Hall–Kier alpha value is -0.370. The minimum Gasteiger partial charge on any atom is -0.197 e. The van der Waals surface area contributed by atoms with Crippen LogP contribution in [0.5, 0.6) is 0 Å². The van der Waals surface area contributed by atoms with Gasteiger partial charge in [0.05, 0.1) is 5.69 Å². The lowest BCUT2D eigenvalue weighted by molar-refractivity contribution is 0.680. The Morgan fingerprint density at radius 3 is 2.75 bits per heavy atom. The molecule has 0 spiro atoms. The third-order valence-electron chi connectivity index (χ3n) is 2.53. The highest BCUT2D eigenvalue weighted by molar-refractivity contribution is 7.06. The van der Waals surface area contributed by atoms with E-state index in [2.05, 4.69) is 18.2 Å². The Labute approximate surface area is 78.0 Å². The van der Waals surface area contributed by atoms with E-state index in [0.29, 0.717) is 5.92 Å². The molecule has 0 fully saturated rings. The van der Waals surface area contributed by atoms with E-state index in [0.717, 1.165) is 0 Å². The molecule has 0 saturated carbocycles. The molecule has 1 heterocycles. The minimum absolute atomic E-state index is 0.614. The molecule has 12 heavy (non-hydrogen) atoms. The second kappa shape index (κ2) is 3.17. The van der Waals surface area contributed by atoms with E-state index < -0.39 is 0 Å². The first-order valence-corrected chi connectivity index (χ1v) is 5.53. The smallest absolute Gasteiger partial charge is 0.0602 e. The summed E-state index contributed by atoms with van der Waals surface area (Å²) in [6, 6.07) is 0. The van der Waals surface area contributed by atoms with Crippen molar-refractivity contribution in [2.75, 3.05) is 0 Å². The summed E-state index contributed by atoms with van der Waals surface area (Å²) in [6.45, 7) is 4.48. The summed E-state index contributed by atoms with van der Waals surface area (Å²) in [5, 5.41) is 0. The summed E-state index contributed by atoms with van der Waals surface area (Å²) in [4.78, 5) is 1.56. The molecule has 1 aromatic heterocycles. The maximum absolute atomic E-state index is 4.54. The van der Waals surface area contributed by atoms with Gasteiger partial charge in [0, 0.05) is 4.88 Å². The lowest BCUT2D eigenvalue weighted by Gasteiger charge is -2.12. The van der Waals surface area contributed by atoms with Crippen LogP contribution in [0.1, 0.15) is 48.7 Å². The third kappa shape index (κ3) is 1.28. The fraction of sp³-hybridized carbons (Fsp3) is 0.700. The SMILES string of the molecule is CC(C)c1nsc2c1CCCC2. The molecule has 0 aliphatic heterocycles. The predicted octanol–water partition coefficient (Wildman–Crippen LogP) is 3.15. The molecule has 66 valence electrons. The number of aryl methyl sites for hydroxylation is 1. The van der Waals surface area contributed by atoms with Crippen molar-refractivity contribution in [1.29, 1.82) is 0 Å². The van der Waals surface area contributed by atoms with E-state index in [1.807, 2.05) is 0 Å². The van der Waals surface area contributed by atoms with Gasteiger partial charge >= 0.3 is 0 Å². The standard InChI is InChI=1S/C10H15NS/c1-7(2)10-8-5-3-4-6-9(8)12-11-10/h7H,3-6H2,1-2H3. The average Bonchev–Trinajstić information content (AvgIpc) is 2.47. The van der Waals surface area contributed by atoms with Gasteiger partial charge in [-0.15, -0.1) is 0 Å². The van der Waals surface area contributed by atoms with Crippen LogP contribution in [0.2, 0.25) is 0 Å². The van der Waals surface area contributed by atoms with Crippen molar-refractivity contribution >= 4 is 11.5 Å². The normalized spacial score (nSPS) is 16.6. The molecule has 0 unspecified atom stereocenters. The summed E-state index contributed by atoms with van der Waals surface area (Å²) >= 11 is 1.73. The summed E-state index contributed by atoms with van der Waals surface area (Å²) < 4.78 is 4.54. The first kappa shape index (κ1) is 8.24. The van der Waals surface area contributed by atoms with Crippen molar-refractivity contribution in [2.24, 2.45) is 0 Å². The van der Waals surface area contributed by atoms with Crippen LogP contribution >= 0.6 is 11.5 Å². The number of rotatable bonds is 1. The maximum Gasteiger partial charge on any atom is 0.0602 e. The Morgan fingerprint density at radius 1 is 1.25 bits per heavy atom. The molecule has 1 nitrogen and oxygen atoms in total. The first-order chi connectivity index (χ1) is 5.79. The largest absolute Gasteiger partial charge is 0.197 e. The zero-order chi connectivity index (χ0) is 8.55. The van der Waals surface area contributed by atoms with Gasteiger partial charge in [0.1, 0.15) is 0 Å². The van der Waals surface area contributed by atoms with Crippen molar-refractivity contribution in [3.8, 4) is 0 Å². The van der Waals surface area contributed by atoms with Crippen LogP contribution in [0, 0.1) is 0 Å². The molecule has 0 atom stereocenters. The molecule has 1 aliphatic rings. The van der Waals surface area contributed by atoms with E-state index >= 15 is 0 Å². The first-order valence-electron chi connectivity index (χ1n) is 4.76. The van der Waals surface area contributed by atoms with Crippen molar-refractivity contribution in [3.05, 3.63) is 16.1 Å². The molecule has 2 heteroatoms. The summed E-state index contributed by atoms with van der Waals surface area (Å²) in [5.74, 6) is 0.614. The maximum atomic E-state index is 4.54. The highest BCUT2D eigenvalue weighted by Gasteiger charge is 2.18. The highest BCUT2D eigenvalue weighted by atomic mass is 32.1.